The van der Waals surface area contributed by atoms with E-state index < -0.39 is 17.1 Å². The molecule has 0 radical (unpaired) electrons. The minimum absolute atomic E-state index is 0.147. The van der Waals surface area contributed by atoms with Crippen molar-refractivity contribution in [2.45, 2.75) is 19.8 Å². The molecule has 0 bridgehead atoms. The highest BCUT2D eigenvalue weighted by Gasteiger charge is 2.38. The first-order valence-electron chi connectivity index (χ1n) is 8.14. The number of aromatic nitrogens is 1. The molecule has 3 N–H and O–H groups in total. The number of ether oxygens (including phenoxy) is 1. The molecule has 1 aromatic heterocycles. The zero-order valence-electron chi connectivity index (χ0n) is 14.0. The zero-order chi connectivity index (χ0) is 18.0. The highest BCUT2D eigenvalue weighted by atomic mass is 19.1. The highest BCUT2D eigenvalue weighted by Crippen LogP contribution is 2.29. The predicted octanol–water partition coefficient (Wildman–Crippen LogP) is 1.69. The Balaban J connectivity index is 1.86. The fourth-order valence-electron chi connectivity index (χ4n) is 3.14. The van der Waals surface area contributed by atoms with Crippen LogP contribution in [0.1, 0.15) is 28.9 Å². The lowest BCUT2D eigenvalue weighted by atomic mass is 9.79. The van der Waals surface area contributed by atoms with Crippen LogP contribution in [0.5, 0.6) is 0 Å². The van der Waals surface area contributed by atoms with Crippen molar-refractivity contribution < 1.29 is 18.7 Å². The number of fused-ring (bicyclic) bond motifs is 1. The predicted molar refractivity (Wildman–Crippen MR) is 90.5 cm³/mol. The molecule has 0 spiro atoms. The molecular formula is C18H20FN3O3. The summed E-state index contributed by atoms with van der Waals surface area (Å²) in [4.78, 5) is 28.8. The van der Waals surface area contributed by atoms with Crippen molar-refractivity contribution in [3.63, 3.8) is 0 Å². The number of hydrogen-bond acceptors (Lipinski definition) is 4. The summed E-state index contributed by atoms with van der Waals surface area (Å²) in [5.74, 6) is -1.19. The van der Waals surface area contributed by atoms with Gasteiger partial charge in [-0.15, -0.1) is 0 Å². The first-order chi connectivity index (χ1) is 11.9. The first kappa shape index (κ1) is 17.3. The number of carbonyl (C=O) groups is 2. The number of halogens is 1. The van der Waals surface area contributed by atoms with E-state index in [0.717, 1.165) is 0 Å². The van der Waals surface area contributed by atoms with Gasteiger partial charge in [0.1, 0.15) is 5.82 Å². The van der Waals surface area contributed by atoms with E-state index in [1.54, 1.807) is 13.0 Å². The maximum atomic E-state index is 13.4. The Hall–Kier alpha value is -2.54. The Labute approximate surface area is 144 Å². The molecule has 3 rings (SSSR count). The third-order valence-corrected chi connectivity index (χ3v) is 4.70. The van der Waals surface area contributed by atoms with Crippen molar-refractivity contribution in [1.82, 2.24) is 10.3 Å². The van der Waals surface area contributed by atoms with E-state index in [1.807, 2.05) is 0 Å². The number of rotatable bonds is 4. The first-order valence-corrected chi connectivity index (χ1v) is 8.14. The van der Waals surface area contributed by atoms with E-state index in [9.17, 15) is 14.0 Å². The van der Waals surface area contributed by atoms with Gasteiger partial charge in [-0.25, -0.2) is 4.39 Å². The van der Waals surface area contributed by atoms with Gasteiger partial charge in [-0.2, -0.15) is 0 Å². The van der Waals surface area contributed by atoms with Crippen LogP contribution in [0.3, 0.4) is 0 Å². The molecule has 0 unspecified atom stereocenters. The Morgan fingerprint density at radius 2 is 2.04 bits per heavy atom. The van der Waals surface area contributed by atoms with E-state index in [1.165, 1.54) is 18.2 Å². The number of pyridine rings is 1. The highest BCUT2D eigenvalue weighted by molar-refractivity contribution is 6.06. The second-order valence-corrected chi connectivity index (χ2v) is 6.41. The Bertz CT molecular complexity index is 826. The third-order valence-electron chi connectivity index (χ3n) is 4.70. The molecule has 2 heterocycles. The van der Waals surface area contributed by atoms with Crippen LogP contribution in [0.25, 0.3) is 10.9 Å². The van der Waals surface area contributed by atoms with Gasteiger partial charge in [-0.1, -0.05) is 0 Å². The Morgan fingerprint density at radius 1 is 1.32 bits per heavy atom. The van der Waals surface area contributed by atoms with Crippen molar-refractivity contribution in [3.05, 3.63) is 41.3 Å². The molecule has 1 fully saturated rings. The van der Waals surface area contributed by atoms with Crippen molar-refractivity contribution in [3.8, 4) is 0 Å². The van der Waals surface area contributed by atoms with Crippen molar-refractivity contribution in [2.75, 3.05) is 19.8 Å². The fourth-order valence-corrected chi connectivity index (χ4v) is 3.14. The van der Waals surface area contributed by atoms with Crippen LogP contribution >= 0.6 is 0 Å². The van der Waals surface area contributed by atoms with Crippen molar-refractivity contribution in [1.29, 1.82) is 0 Å². The molecule has 0 saturated carbocycles. The van der Waals surface area contributed by atoms with Crippen molar-refractivity contribution in [2.24, 2.45) is 11.1 Å². The fraction of sp³-hybridized carbons (Fsp3) is 0.389. The van der Waals surface area contributed by atoms with Gasteiger partial charge in [0.05, 0.1) is 16.5 Å². The summed E-state index contributed by atoms with van der Waals surface area (Å²) < 4.78 is 18.7. The molecule has 1 aromatic carbocycles. The molecule has 25 heavy (non-hydrogen) atoms. The van der Waals surface area contributed by atoms with Crippen LogP contribution in [0, 0.1) is 18.2 Å². The lowest BCUT2D eigenvalue weighted by Crippen LogP contribution is -2.49. The normalized spacial score (nSPS) is 16.6. The largest absolute Gasteiger partial charge is 0.381 e. The van der Waals surface area contributed by atoms with Gasteiger partial charge < -0.3 is 15.8 Å². The smallest absolute Gasteiger partial charge is 0.252 e. The van der Waals surface area contributed by atoms with Gasteiger partial charge in [0, 0.05) is 36.9 Å². The van der Waals surface area contributed by atoms with Gasteiger partial charge in [0.2, 0.25) is 5.91 Å². The summed E-state index contributed by atoms with van der Waals surface area (Å²) in [6, 6.07) is 5.77. The molecule has 0 aliphatic carbocycles. The van der Waals surface area contributed by atoms with Gasteiger partial charge in [0.25, 0.3) is 5.91 Å². The number of hydrogen-bond donors (Lipinski definition) is 2. The minimum Gasteiger partial charge on any atom is -0.381 e. The SMILES string of the molecule is Cc1cc(C(=O)NCC2(C(N)=O)CCOCC2)c2ccc(F)cc2n1. The number of primary amides is 1. The van der Waals surface area contributed by atoms with E-state index in [-0.39, 0.29) is 12.5 Å². The quantitative estimate of drug-likeness (QED) is 0.882. The second-order valence-electron chi connectivity index (χ2n) is 6.41. The van der Waals surface area contributed by atoms with Crippen LogP contribution < -0.4 is 11.1 Å². The summed E-state index contributed by atoms with van der Waals surface area (Å²) in [5, 5.41) is 3.37. The lowest BCUT2D eigenvalue weighted by molar-refractivity contribution is -0.132. The molecule has 0 atom stereocenters. The molecule has 1 aliphatic rings. The number of aryl methyl sites for hydroxylation is 1. The van der Waals surface area contributed by atoms with Crippen LogP contribution in [0.2, 0.25) is 0 Å². The van der Waals surface area contributed by atoms with Crippen LogP contribution in [-0.4, -0.2) is 36.6 Å². The number of nitrogens with zero attached hydrogens (tertiary/aromatic N) is 1. The molecule has 2 amide bonds. The van der Waals surface area contributed by atoms with Gasteiger partial charge in [-0.3, -0.25) is 14.6 Å². The summed E-state index contributed by atoms with van der Waals surface area (Å²) in [6.07, 6.45) is 0.952. The number of nitrogens with one attached hydrogen (secondary N) is 1. The van der Waals surface area contributed by atoms with Crippen LogP contribution in [0.15, 0.2) is 24.3 Å². The van der Waals surface area contributed by atoms with Crippen molar-refractivity contribution >= 4 is 22.7 Å². The number of nitrogens with two attached hydrogens (primary N) is 1. The minimum atomic E-state index is -0.794. The van der Waals surface area contributed by atoms with E-state index in [0.29, 0.717) is 48.2 Å². The Morgan fingerprint density at radius 3 is 2.72 bits per heavy atom. The molecule has 7 heteroatoms. The molecular weight excluding hydrogens is 325 g/mol. The molecule has 2 aromatic rings. The van der Waals surface area contributed by atoms with Gasteiger partial charge in [0.15, 0.2) is 0 Å². The van der Waals surface area contributed by atoms with E-state index >= 15 is 0 Å². The summed E-state index contributed by atoms with van der Waals surface area (Å²) in [5.41, 5.74) is 6.19. The number of benzene rings is 1. The lowest BCUT2D eigenvalue weighted by Gasteiger charge is -2.34. The topological polar surface area (TPSA) is 94.3 Å². The van der Waals surface area contributed by atoms with Gasteiger partial charge >= 0.3 is 0 Å². The molecule has 1 saturated heterocycles. The second kappa shape index (κ2) is 6.76. The summed E-state index contributed by atoms with van der Waals surface area (Å²) in [7, 11) is 0. The van der Waals surface area contributed by atoms with Gasteiger partial charge in [-0.05, 0) is 38.0 Å². The zero-order valence-corrected chi connectivity index (χ0v) is 14.0. The Kier molecular flexibility index (Phi) is 4.67. The standard InChI is InChI=1S/C18H20FN3O3/c1-11-8-14(13-3-2-12(19)9-15(13)22-11)16(23)21-10-18(17(20)24)4-6-25-7-5-18/h2-3,8-9H,4-7,10H2,1H3,(H2,20,24)(H,21,23). The van der Waals surface area contributed by atoms with E-state index in [2.05, 4.69) is 10.3 Å². The number of carbonyl (C=O) groups excluding carboxylic acids is 2. The molecule has 132 valence electrons. The van der Waals surface area contributed by atoms with E-state index in [4.69, 9.17) is 10.5 Å². The third kappa shape index (κ3) is 3.46. The molecule has 6 nitrogen and oxygen atoms in total. The van der Waals surface area contributed by atoms with Crippen LogP contribution in [-0.2, 0) is 9.53 Å². The summed E-state index contributed by atoms with van der Waals surface area (Å²) >= 11 is 0. The maximum absolute atomic E-state index is 13.4. The maximum Gasteiger partial charge on any atom is 0.252 e. The summed E-state index contributed by atoms with van der Waals surface area (Å²) in [6.45, 7) is 2.77. The molecule has 1 aliphatic heterocycles. The number of amides is 2. The average Bonchev–Trinajstić information content (AvgIpc) is 2.59. The van der Waals surface area contributed by atoms with Crippen LogP contribution in [0.4, 0.5) is 4.39 Å². The average molecular weight is 345 g/mol. The monoisotopic (exact) mass is 345 g/mol.